The van der Waals surface area contributed by atoms with Gasteiger partial charge in [0.15, 0.2) is 5.78 Å². The number of rotatable bonds is 7. The number of para-hydroxylation sites is 1. The summed E-state index contributed by atoms with van der Waals surface area (Å²) in [5.41, 5.74) is 1.98. The van der Waals surface area contributed by atoms with Crippen molar-refractivity contribution in [2.75, 3.05) is 0 Å². The first-order valence-electron chi connectivity index (χ1n) is 7.46. The van der Waals surface area contributed by atoms with Gasteiger partial charge < -0.3 is 10.3 Å². The third kappa shape index (κ3) is 3.94. The summed E-state index contributed by atoms with van der Waals surface area (Å²) in [5, 5.41) is 3.91. The van der Waals surface area contributed by atoms with E-state index in [0.717, 1.165) is 29.3 Å². The van der Waals surface area contributed by atoms with Crippen molar-refractivity contribution in [3.05, 3.63) is 36.0 Å². The van der Waals surface area contributed by atoms with Crippen LogP contribution in [-0.2, 0) is 16.0 Å². The molecule has 2 aromatic rings. The maximum Gasteiger partial charge on any atom is 0.225 e. The van der Waals surface area contributed by atoms with E-state index in [0.29, 0.717) is 12.8 Å². The van der Waals surface area contributed by atoms with E-state index in [2.05, 4.69) is 17.2 Å². The summed E-state index contributed by atoms with van der Waals surface area (Å²) in [6, 6.07) is 7.53. The van der Waals surface area contributed by atoms with Crippen molar-refractivity contribution in [2.24, 2.45) is 0 Å². The molecule has 0 spiro atoms. The van der Waals surface area contributed by atoms with Crippen molar-refractivity contribution in [3.8, 4) is 0 Å². The molecule has 21 heavy (non-hydrogen) atoms. The summed E-state index contributed by atoms with van der Waals surface area (Å²) in [6.07, 6.45) is 4.82. The Bertz CT molecular complexity index is 631. The van der Waals surface area contributed by atoms with Crippen LogP contribution in [0.5, 0.6) is 0 Å². The lowest BCUT2D eigenvalue weighted by Gasteiger charge is -2.15. The molecule has 0 fully saturated rings. The second kappa shape index (κ2) is 7.07. The van der Waals surface area contributed by atoms with Crippen molar-refractivity contribution in [1.82, 2.24) is 10.3 Å². The minimum absolute atomic E-state index is 0.0238. The first-order chi connectivity index (χ1) is 10.1. The zero-order valence-electron chi connectivity index (χ0n) is 12.6. The molecule has 2 rings (SSSR count). The molecule has 0 aliphatic rings. The second-order valence-electron chi connectivity index (χ2n) is 5.41. The van der Waals surface area contributed by atoms with E-state index in [1.165, 1.54) is 6.92 Å². The molecule has 1 aromatic heterocycles. The molecule has 4 nitrogen and oxygen atoms in total. The number of ketones is 1. The number of carbonyl (C=O) groups excluding carboxylic acids is 2. The summed E-state index contributed by atoms with van der Waals surface area (Å²) in [5.74, 6) is -0.0771. The van der Waals surface area contributed by atoms with Crippen LogP contribution < -0.4 is 5.32 Å². The van der Waals surface area contributed by atoms with Crippen LogP contribution in [0, 0.1) is 0 Å². The highest BCUT2D eigenvalue weighted by molar-refractivity contribution is 5.91. The molecule has 1 aromatic carbocycles. The monoisotopic (exact) mass is 286 g/mol. The smallest absolute Gasteiger partial charge is 0.225 e. The number of amides is 1. The fourth-order valence-corrected chi connectivity index (χ4v) is 2.48. The van der Waals surface area contributed by atoms with E-state index in [4.69, 9.17) is 0 Å². The van der Waals surface area contributed by atoms with Gasteiger partial charge in [-0.05, 0) is 25.0 Å². The number of unbranched alkanes of at least 4 members (excludes halogenated alkanes) is 1. The molecule has 1 amide bonds. The van der Waals surface area contributed by atoms with Crippen LogP contribution in [0.1, 0.15) is 38.7 Å². The van der Waals surface area contributed by atoms with E-state index in [-0.39, 0.29) is 17.7 Å². The molecule has 0 bridgehead atoms. The Hall–Kier alpha value is -2.10. The average molecular weight is 286 g/mol. The second-order valence-corrected chi connectivity index (χ2v) is 5.41. The Labute approximate surface area is 124 Å². The third-order valence-electron chi connectivity index (χ3n) is 3.70. The molecule has 2 N–H and O–H groups in total. The number of Topliss-reactive ketones (excluding diaryl/α,β-unsaturated/α-hetero) is 1. The van der Waals surface area contributed by atoms with Crippen molar-refractivity contribution >= 4 is 22.6 Å². The summed E-state index contributed by atoms with van der Waals surface area (Å²) >= 11 is 0. The van der Waals surface area contributed by atoms with Crippen LogP contribution in [-0.4, -0.2) is 22.7 Å². The van der Waals surface area contributed by atoms with Gasteiger partial charge in [0.05, 0.1) is 12.5 Å². The number of aromatic nitrogens is 1. The molecule has 1 unspecified atom stereocenters. The number of nitrogens with one attached hydrogen (secondary N) is 2. The maximum absolute atomic E-state index is 12.2. The average Bonchev–Trinajstić information content (AvgIpc) is 2.86. The molecule has 0 aliphatic heterocycles. The van der Waals surface area contributed by atoms with Crippen molar-refractivity contribution < 1.29 is 9.59 Å². The van der Waals surface area contributed by atoms with Gasteiger partial charge in [-0.1, -0.05) is 38.0 Å². The number of benzene rings is 1. The van der Waals surface area contributed by atoms with Crippen LogP contribution in [0.4, 0.5) is 0 Å². The Kier molecular flexibility index (Phi) is 5.14. The van der Waals surface area contributed by atoms with E-state index >= 15 is 0 Å². The van der Waals surface area contributed by atoms with Crippen molar-refractivity contribution in [3.63, 3.8) is 0 Å². The topological polar surface area (TPSA) is 62.0 Å². The van der Waals surface area contributed by atoms with Gasteiger partial charge in [0, 0.05) is 17.1 Å². The normalized spacial score (nSPS) is 12.3. The fourth-order valence-electron chi connectivity index (χ4n) is 2.48. The standard InChI is InChI=1S/C17H22N2O2/c1-3-4-8-15(12(2)20)19-17(21)10-13-11-18-16-9-6-5-7-14(13)16/h5-7,9,11,15,18H,3-4,8,10H2,1-2H3,(H,19,21). The van der Waals surface area contributed by atoms with E-state index in [1.807, 2.05) is 30.5 Å². The van der Waals surface area contributed by atoms with Crippen LogP contribution in [0.15, 0.2) is 30.5 Å². The highest BCUT2D eigenvalue weighted by Crippen LogP contribution is 2.18. The van der Waals surface area contributed by atoms with Gasteiger partial charge in [-0.2, -0.15) is 0 Å². The largest absolute Gasteiger partial charge is 0.361 e. The number of carbonyl (C=O) groups is 2. The van der Waals surface area contributed by atoms with Crippen LogP contribution in [0.2, 0.25) is 0 Å². The van der Waals surface area contributed by atoms with Gasteiger partial charge in [-0.3, -0.25) is 9.59 Å². The predicted octanol–water partition coefficient (Wildman–Crippen LogP) is 2.97. The summed E-state index contributed by atoms with van der Waals surface area (Å²) < 4.78 is 0. The molecular weight excluding hydrogens is 264 g/mol. The van der Waals surface area contributed by atoms with Gasteiger partial charge in [-0.25, -0.2) is 0 Å². The fraction of sp³-hybridized carbons (Fsp3) is 0.412. The van der Waals surface area contributed by atoms with Gasteiger partial charge in [0.2, 0.25) is 5.91 Å². The Morgan fingerprint density at radius 2 is 2.05 bits per heavy atom. The van der Waals surface area contributed by atoms with Crippen LogP contribution in [0.25, 0.3) is 10.9 Å². The molecule has 4 heteroatoms. The lowest BCUT2D eigenvalue weighted by atomic mass is 10.1. The first-order valence-corrected chi connectivity index (χ1v) is 7.46. The molecule has 1 heterocycles. The number of hydrogen-bond acceptors (Lipinski definition) is 2. The zero-order valence-corrected chi connectivity index (χ0v) is 12.6. The number of H-pyrrole nitrogens is 1. The SMILES string of the molecule is CCCCC(NC(=O)Cc1c[nH]c2ccccc12)C(C)=O. The minimum atomic E-state index is -0.359. The highest BCUT2D eigenvalue weighted by Gasteiger charge is 2.17. The van der Waals surface area contributed by atoms with E-state index < -0.39 is 0 Å². The molecular formula is C17H22N2O2. The third-order valence-corrected chi connectivity index (χ3v) is 3.70. The summed E-state index contributed by atoms with van der Waals surface area (Å²) in [4.78, 5) is 26.9. The van der Waals surface area contributed by atoms with Gasteiger partial charge in [-0.15, -0.1) is 0 Å². The molecule has 0 saturated carbocycles. The quantitative estimate of drug-likeness (QED) is 0.822. The highest BCUT2D eigenvalue weighted by atomic mass is 16.2. The Balaban J connectivity index is 2.02. The number of hydrogen-bond donors (Lipinski definition) is 2. The minimum Gasteiger partial charge on any atom is -0.361 e. The van der Waals surface area contributed by atoms with Gasteiger partial charge in [0.25, 0.3) is 0 Å². The molecule has 1 atom stereocenters. The lowest BCUT2D eigenvalue weighted by molar-refractivity contribution is -0.126. The van der Waals surface area contributed by atoms with E-state index in [1.54, 1.807) is 0 Å². The Morgan fingerprint density at radius 3 is 2.76 bits per heavy atom. The van der Waals surface area contributed by atoms with Crippen molar-refractivity contribution in [1.29, 1.82) is 0 Å². The molecule has 112 valence electrons. The van der Waals surface area contributed by atoms with Crippen LogP contribution >= 0.6 is 0 Å². The van der Waals surface area contributed by atoms with Gasteiger partial charge >= 0.3 is 0 Å². The first kappa shape index (κ1) is 15.3. The van der Waals surface area contributed by atoms with Crippen LogP contribution in [0.3, 0.4) is 0 Å². The summed E-state index contributed by atoms with van der Waals surface area (Å²) in [7, 11) is 0. The lowest BCUT2D eigenvalue weighted by Crippen LogP contribution is -2.40. The summed E-state index contributed by atoms with van der Waals surface area (Å²) in [6.45, 7) is 3.61. The maximum atomic E-state index is 12.2. The van der Waals surface area contributed by atoms with E-state index in [9.17, 15) is 9.59 Å². The number of fused-ring (bicyclic) bond motifs is 1. The zero-order chi connectivity index (χ0) is 15.2. The number of aromatic amines is 1. The van der Waals surface area contributed by atoms with Gasteiger partial charge in [0.1, 0.15) is 0 Å². The van der Waals surface area contributed by atoms with Crippen molar-refractivity contribution in [2.45, 2.75) is 45.6 Å². The predicted molar refractivity (Wildman–Crippen MR) is 84.1 cm³/mol. The molecule has 0 saturated heterocycles. The Morgan fingerprint density at radius 1 is 1.29 bits per heavy atom. The molecule has 0 radical (unpaired) electrons. The molecule has 0 aliphatic carbocycles.